The highest BCUT2D eigenvalue weighted by Gasteiger charge is 2.13. The van der Waals surface area contributed by atoms with E-state index in [1.165, 1.54) is 10.9 Å². The molecule has 2 rings (SSSR count). The van der Waals surface area contributed by atoms with E-state index in [0.717, 1.165) is 16.3 Å². The normalized spacial score (nSPS) is 11.5. The van der Waals surface area contributed by atoms with Gasteiger partial charge < -0.3 is 0 Å². The number of carbonyl (C=O) groups is 1. The maximum Gasteiger partial charge on any atom is 0.153 e. The van der Waals surface area contributed by atoms with Gasteiger partial charge in [-0.25, -0.2) is 8.42 Å². The van der Waals surface area contributed by atoms with Gasteiger partial charge in [-0.05, 0) is 6.07 Å². The minimum Gasteiger partial charge on any atom is -0.298 e. The number of hydrogen-bond acceptors (Lipinski definition) is 4. The number of aryl methyl sites for hydroxylation is 1. The van der Waals surface area contributed by atoms with Gasteiger partial charge in [0, 0.05) is 22.5 Å². The Hall–Kier alpha value is -1.47. The average molecular weight is 357 g/mol. The van der Waals surface area contributed by atoms with E-state index in [1.807, 2.05) is 24.3 Å². The topological polar surface area (TPSA) is 69.0 Å². The van der Waals surface area contributed by atoms with Crippen LogP contribution in [0.2, 0.25) is 0 Å². The van der Waals surface area contributed by atoms with Crippen molar-refractivity contribution in [2.75, 3.05) is 12.0 Å². The van der Waals surface area contributed by atoms with Crippen LogP contribution in [0.15, 0.2) is 34.9 Å². The molecular weight excluding hydrogens is 344 g/mol. The standard InChI is InChI=1S/C13H13BrN2O3S/c1-20(18,19)7-6-16-8-10(9-17)13(15-16)11-4-2-3-5-12(11)14/h2-5,8-9H,6-7H2,1H3. The van der Waals surface area contributed by atoms with Crippen LogP contribution in [0.3, 0.4) is 0 Å². The van der Waals surface area contributed by atoms with Crippen LogP contribution in [0.4, 0.5) is 0 Å². The molecule has 1 aromatic heterocycles. The van der Waals surface area contributed by atoms with Crippen LogP contribution in [0, 0.1) is 0 Å². The molecule has 1 aromatic carbocycles. The van der Waals surface area contributed by atoms with Gasteiger partial charge in [-0.3, -0.25) is 9.48 Å². The number of aromatic nitrogens is 2. The Kier molecular flexibility index (Phi) is 4.39. The van der Waals surface area contributed by atoms with Gasteiger partial charge in [0.2, 0.25) is 0 Å². The lowest BCUT2D eigenvalue weighted by molar-refractivity contribution is 0.112. The highest BCUT2D eigenvalue weighted by Crippen LogP contribution is 2.28. The number of carbonyl (C=O) groups excluding carboxylic acids is 1. The molecule has 2 aromatic rings. The molecule has 0 aliphatic rings. The summed E-state index contributed by atoms with van der Waals surface area (Å²) < 4.78 is 24.7. The smallest absolute Gasteiger partial charge is 0.153 e. The summed E-state index contributed by atoms with van der Waals surface area (Å²) in [4.78, 5) is 11.1. The first-order valence-corrected chi connectivity index (χ1v) is 8.71. The Morgan fingerprint density at radius 1 is 1.35 bits per heavy atom. The molecule has 7 heteroatoms. The Morgan fingerprint density at radius 2 is 2.05 bits per heavy atom. The van der Waals surface area contributed by atoms with E-state index in [2.05, 4.69) is 21.0 Å². The first kappa shape index (κ1) is 14.9. The highest BCUT2D eigenvalue weighted by atomic mass is 79.9. The summed E-state index contributed by atoms with van der Waals surface area (Å²) in [7, 11) is -3.06. The van der Waals surface area contributed by atoms with Crippen molar-refractivity contribution < 1.29 is 13.2 Å². The quantitative estimate of drug-likeness (QED) is 0.769. The second-order valence-corrected chi connectivity index (χ2v) is 7.54. The van der Waals surface area contributed by atoms with Gasteiger partial charge in [-0.15, -0.1) is 0 Å². The monoisotopic (exact) mass is 356 g/mol. The second-order valence-electron chi connectivity index (χ2n) is 4.42. The predicted octanol–water partition coefficient (Wildman–Crippen LogP) is 2.17. The van der Waals surface area contributed by atoms with Crippen molar-refractivity contribution in [3.63, 3.8) is 0 Å². The summed E-state index contributed by atoms with van der Waals surface area (Å²) in [5.41, 5.74) is 1.78. The van der Waals surface area contributed by atoms with Crippen molar-refractivity contribution in [3.05, 3.63) is 40.5 Å². The molecule has 0 bridgehead atoms. The fourth-order valence-corrected chi connectivity index (χ4v) is 2.75. The fraction of sp³-hybridized carbons (Fsp3) is 0.231. The van der Waals surface area contributed by atoms with E-state index in [9.17, 15) is 13.2 Å². The molecule has 0 amide bonds. The summed E-state index contributed by atoms with van der Waals surface area (Å²) in [6.45, 7) is 0.226. The van der Waals surface area contributed by atoms with Crippen molar-refractivity contribution in [2.24, 2.45) is 0 Å². The molecule has 0 radical (unpaired) electrons. The summed E-state index contributed by atoms with van der Waals surface area (Å²) in [6.07, 6.45) is 3.46. The maximum absolute atomic E-state index is 11.2. The lowest BCUT2D eigenvalue weighted by Crippen LogP contribution is -2.11. The second kappa shape index (κ2) is 5.88. The molecule has 5 nitrogen and oxygen atoms in total. The average Bonchev–Trinajstić information content (AvgIpc) is 2.79. The van der Waals surface area contributed by atoms with Gasteiger partial charge in [0.25, 0.3) is 0 Å². The Balaban J connectivity index is 2.37. The molecule has 0 saturated carbocycles. The Morgan fingerprint density at radius 3 is 2.65 bits per heavy atom. The lowest BCUT2D eigenvalue weighted by Gasteiger charge is -2.02. The van der Waals surface area contributed by atoms with Crippen LogP contribution >= 0.6 is 15.9 Å². The number of rotatable bonds is 5. The maximum atomic E-state index is 11.2. The molecule has 0 aliphatic carbocycles. The SMILES string of the molecule is CS(=O)(=O)CCn1cc(C=O)c(-c2ccccc2Br)n1. The summed E-state index contributed by atoms with van der Waals surface area (Å²) in [6, 6.07) is 7.43. The van der Waals surface area contributed by atoms with Crippen molar-refractivity contribution in [1.82, 2.24) is 9.78 Å². The number of benzene rings is 1. The zero-order valence-corrected chi connectivity index (χ0v) is 13.2. The van der Waals surface area contributed by atoms with Crippen molar-refractivity contribution in [1.29, 1.82) is 0 Å². The van der Waals surface area contributed by atoms with Gasteiger partial charge in [-0.1, -0.05) is 34.1 Å². The molecule has 106 valence electrons. The van der Waals surface area contributed by atoms with Gasteiger partial charge >= 0.3 is 0 Å². The summed E-state index contributed by atoms with van der Waals surface area (Å²) >= 11 is 3.42. The molecule has 1 heterocycles. The van der Waals surface area contributed by atoms with Crippen LogP contribution in [0.25, 0.3) is 11.3 Å². The number of sulfone groups is 1. The van der Waals surface area contributed by atoms with Crippen LogP contribution < -0.4 is 0 Å². The molecule has 0 atom stereocenters. The number of halogens is 1. The number of aldehydes is 1. The highest BCUT2D eigenvalue weighted by molar-refractivity contribution is 9.10. The molecule has 20 heavy (non-hydrogen) atoms. The largest absolute Gasteiger partial charge is 0.298 e. The van der Waals surface area contributed by atoms with Gasteiger partial charge in [-0.2, -0.15) is 5.10 Å². The van der Waals surface area contributed by atoms with Gasteiger partial charge in [0.05, 0.1) is 17.9 Å². The third-order valence-corrected chi connectivity index (χ3v) is 4.35. The summed E-state index contributed by atoms with van der Waals surface area (Å²) in [5.74, 6) is -0.0115. The minimum absolute atomic E-state index is 0.0115. The summed E-state index contributed by atoms with van der Waals surface area (Å²) in [5, 5.41) is 4.31. The molecular formula is C13H13BrN2O3S. The van der Waals surface area contributed by atoms with E-state index in [0.29, 0.717) is 11.3 Å². The molecule has 0 fully saturated rings. The van der Waals surface area contributed by atoms with E-state index >= 15 is 0 Å². The van der Waals surface area contributed by atoms with Crippen LogP contribution in [0.1, 0.15) is 10.4 Å². The van der Waals surface area contributed by atoms with Crippen molar-refractivity contribution in [3.8, 4) is 11.3 Å². The predicted molar refractivity (Wildman–Crippen MR) is 80.5 cm³/mol. The Bertz CT molecular complexity index is 738. The van der Waals surface area contributed by atoms with E-state index in [1.54, 1.807) is 6.20 Å². The van der Waals surface area contributed by atoms with E-state index < -0.39 is 9.84 Å². The zero-order chi connectivity index (χ0) is 14.8. The fourth-order valence-electron chi connectivity index (χ4n) is 1.76. The molecule has 0 unspecified atom stereocenters. The van der Waals surface area contributed by atoms with Crippen molar-refractivity contribution >= 4 is 32.1 Å². The third kappa shape index (κ3) is 3.55. The van der Waals surface area contributed by atoms with Gasteiger partial charge in [0.15, 0.2) is 6.29 Å². The first-order chi connectivity index (χ1) is 9.40. The van der Waals surface area contributed by atoms with Crippen LogP contribution in [-0.4, -0.2) is 36.5 Å². The van der Waals surface area contributed by atoms with Crippen molar-refractivity contribution in [2.45, 2.75) is 6.54 Å². The molecule has 0 N–H and O–H groups in total. The number of nitrogens with zero attached hydrogens (tertiary/aromatic N) is 2. The van der Waals surface area contributed by atoms with Crippen LogP contribution in [0.5, 0.6) is 0 Å². The third-order valence-electron chi connectivity index (χ3n) is 2.74. The zero-order valence-electron chi connectivity index (χ0n) is 10.8. The molecule has 0 saturated heterocycles. The number of hydrogen-bond donors (Lipinski definition) is 0. The van der Waals surface area contributed by atoms with E-state index in [4.69, 9.17) is 0 Å². The van der Waals surface area contributed by atoms with E-state index in [-0.39, 0.29) is 12.3 Å². The first-order valence-electron chi connectivity index (χ1n) is 5.86. The minimum atomic E-state index is -3.06. The van der Waals surface area contributed by atoms with Gasteiger partial charge in [0.1, 0.15) is 15.5 Å². The molecule has 0 aliphatic heterocycles. The molecule has 0 spiro atoms. The Labute approximate surface area is 125 Å². The van der Waals surface area contributed by atoms with Crippen LogP contribution in [-0.2, 0) is 16.4 Å². The lowest BCUT2D eigenvalue weighted by atomic mass is 10.1.